The SMILES string of the molecule is C=CCN(CCN1CCOCC1)C(=O)C1N([C@H](C)CO)C(=O)[C@@H]2[C@H](C(=O)OCC)[C@@H]3CCC12S3. The van der Waals surface area contributed by atoms with E-state index in [0.29, 0.717) is 32.7 Å². The van der Waals surface area contributed by atoms with Crippen molar-refractivity contribution in [2.45, 2.75) is 48.8 Å². The normalized spacial score (nSPS) is 33.6. The number of likely N-dealkylation sites (tertiary alicyclic amines) is 1. The van der Waals surface area contributed by atoms with E-state index in [9.17, 15) is 19.5 Å². The van der Waals surface area contributed by atoms with E-state index < -0.39 is 28.7 Å². The number of aliphatic hydroxyl groups excluding tert-OH is 1. The zero-order valence-electron chi connectivity index (χ0n) is 20.2. The summed E-state index contributed by atoms with van der Waals surface area (Å²) in [5.74, 6) is -1.82. The molecule has 0 aromatic heterocycles. The van der Waals surface area contributed by atoms with E-state index in [1.165, 1.54) is 0 Å². The zero-order valence-corrected chi connectivity index (χ0v) is 21.0. The van der Waals surface area contributed by atoms with Crippen LogP contribution in [0.1, 0.15) is 26.7 Å². The number of fused-ring (bicyclic) bond motifs is 1. The molecule has 10 heteroatoms. The lowest BCUT2D eigenvalue weighted by Crippen LogP contribution is -2.57. The van der Waals surface area contributed by atoms with E-state index in [2.05, 4.69) is 11.5 Å². The quantitative estimate of drug-likeness (QED) is 0.343. The number of esters is 1. The van der Waals surface area contributed by atoms with Crippen molar-refractivity contribution in [3.8, 4) is 0 Å². The number of aliphatic hydroxyl groups is 1. The van der Waals surface area contributed by atoms with Gasteiger partial charge in [0.15, 0.2) is 0 Å². The van der Waals surface area contributed by atoms with Crippen LogP contribution in [0.2, 0.25) is 0 Å². The number of morpholine rings is 1. The third kappa shape index (κ3) is 4.27. The lowest BCUT2D eigenvalue weighted by atomic mass is 9.71. The lowest BCUT2D eigenvalue weighted by Gasteiger charge is -2.39. The van der Waals surface area contributed by atoms with Gasteiger partial charge in [0.1, 0.15) is 6.04 Å². The molecule has 34 heavy (non-hydrogen) atoms. The molecule has 4 fully saturated rings. The Morgan fingerprint density at radius 1 is 1.41 bits per heavy atom. The Morgan fingerprint density at radius 3 is 2.79 bits per heavy atom. The summed E-state index contributed by atoms with van der Waals surface area (Å²) in [6.07, 6.45) is 3.19. The van der Waals surface area contributed by atoms with Crippen molar-refractivity contribution in [1.82, 2.24) is 14.7 Å². The third-order valence-corrected chi connectivity index (χ3v) is 9.67. The van der Waals surface area contributed by atoms with Crippen LogP contribution >= 0.6 is 11.8 Å². The van der Waals surface area contributed by atoms with Gasteiger partial charge in [-0.2, -0.15) is 0 Å². The van der Waals surface area contributed by atoms with Gasteiger partial charge in [-0.15, -0.1) is 18.3 Å². The maximum Gasteiger partial charge on any atom is 0.310 e. The average Bonchev–Trinajstić information content (AvgIpc) is 3.49. The molecule has 0 aromatic carbocycles. The highest BCUT2D eigenvalue weighted by molar-refractivity contribution is 8.02. The van der Waals surface area contributed by atoms with Gasteiger partial charge in [-0.3, -0.25) is 19.3 Å². The number of thioether (sulfide) groups is 1. The maximum absolute atomic E-state index is 14.1. The first-order valence-corrected chi connectivity index (χ1v) is 13.2. The number of rotatable bonds is 10. The van der Waals surface area contributed by atoms with E-state index in [4.69, 9.17) is 9.47 Å². The van der Waals surface area contributed by atoms with Crippen LogP contribution in [0.25, 0.3) is 0 Å². The molecule has 2 amide bonds. The zero-order chi connectivity index (χ0) is 24.5. The molecule has 4 heterocycles. The van der Waals surface area contributed by atoms with Crippen LogP contribution in [-0.2, 0) is 23.9 Å². The molecule has 9 nitrogen and oxygen atoms in total. The van der Waals surface area contributed by atoms with E-state index in [1.807, 2.05) is 0 Å². The van der Waals surface area contributed by atoms with Gasteiger partial charge in [0.05, 0.1) is 49.1 Å². The molecular weight excluding hydrogens is 458 g/mol. The van der Waals surface area contributed by atoms with E-state index in [-0.39, 0.29) is 36.2 Å². The summed E-state index contributed by atoms with van der Waals surface area (Å²) in [5, 5.41) is 9.95. The first kappa shape index (κ1) is 25.5. The second kappa shape index (κ2) is 10.6. The van der Waals surface area contributed by atoms with Crippen molar-refractivity contribution < 1.29 is 29.0 Å². The Labute approximate surface area is 205 Å². The Bertz CT molecular complexity index is 806. The number of amides is 2. The largest absolute Gasteiger partial charge is 0.466 e. The summed E-state index contributed by atoms with van der Waals surface area (Å²) in [6.45, 7) is 12.0. The molecule has 0 aromatic rings. The maximum atomic E-state index is 14.1. The fourth-order valence-electron chi connectivity index (χ4n) is 6.15. The summed E-state index contributed by atoms with van der Waals surface area (Å²) < 4.78 is 10.1. The van der Waals surface area contributed by atoms with Crippen LogP contribution in [-0.4, -0.2) is 119 Å². The Kier molecular flexibility index (Phi) is 7.91. The molecule has 0 aliphatic carbocycles. The van der Waals surface area contributed by atoms with Crippen LogP contribution < -0.4 is 0 Å². The summed E-state index contributed by atoms with van der Waals surface area (Å²) in [5.41, 5.74) is 0. The molecule has 4 saturated heterocycles. The molecule has 0 saturated carbocycles. The number of hydrogen-bond donors (Lipinski definition) is 1. The highest BCUT2D eigenvalue weighted by Crippen LogP contribution is 2.66. The van der Waals surface area contributed by atoms with Gasteiger partial charge in [0.25, 0.3) is 0 Å². The molecule has 4 aliphatic rings. The minimum Gasteiger partial charge on any atom is -0.466 e. The fourth-order valence-corrected chi connectivity index (χ4v) is 8.33. The molecule has 2 unspecified atom stereocenters. The Hall–Kier alpha value is -1.62. The van der Waals surface area contributed by atoms with Crippen molar-refractivity contribution >= 4 is 29.5 Å². The van der Waals surface area contributed by atoms with E-state index >= 15 is 0 Å². The van der Waals surface area contributed by atoms with Crippen molar-refractivity contribution in [3.63, 3.8) is 0 Å². The lowest BCUT2D eigenvalue weighted by molar-refractivity contribution is -0.154. The fraction of sp³-hybridized carbons (Fsp3) is 0.792. The summed E-state index contributed by atoms with van der Waals surface area (Å²) in [6, 6.07) is -1.24. The molecule has 190 valence electrons. The highest BCUT2D eigenvalue weighted by atomic mass is 32.2. The van der Waals surface area contributed by atoms with Gasteiger partial charge in [0, 0.05) is 38.0 Å². The standard InChI is InChI=1S/C24H37N3O6S/c1-4-8-26(10-9-25-11-13-32-14-12-25)22(30)20-24-7-6-17(34-24)18(23(31)33-5-2)19(24)21(29)27(20)16(3)15-28/h4,16-20,28H,1,5-15H2,2-3H3/t16-,17+,18-,19+,20?,24?/m1/s1. The molecule has 4 rings (SSSR count). The van der Waals surface area contributed by atoms with Crippen molar-refractivity contribution in [3.05, 3.63) is 12.7 Å². The van der Waals surface area contributed by atoms with Gasteiger partial charge >= 0.3 is 5.97 Å². The van der Waals surface area contributed by atoms with Crippen LogP contribution in [0.15, 0.2) is 12.7 Å². The summed E-state index contributed by atoms with van der Waals surface area (Å²) in [7, 11) is 0. The third-order valence-electron chi connectivity index (χ3n) is 7.72. The second-order valence-corrected chi connectivity index (χ2v) is 11.2. The molecule has 4 aliphatic heterocycles. The van der Waals surface area contributed by atoms with Crippen molar-refractivity contribution in [2.24, 2.45) is 11.8 Å². The molecule has 1 spiro atoms. The molecular formula is C24H37N3O6S. The van der Waals surface area contributed by atoms with Crippen LogP contribution in [0.5, 0.6) is 0 Å². The van der Waals surface area contributed by atoms with Crippen LogP contribution in [0.3, 0.4) is 0 Å². The molecule has 6 atom stereocenters. The monoisotopic (exact) mass is 495 g/mol. The van der Waals surface area contributed by atoms with Gasteiger partial charge in [0.2, 0.25) is 11.8 Å². The van der Waals surface area contributed by atoms with Crippen LogP contribution in [0, 0.1) is 11.8 Å². The Morgan fingerprint density at radius 2 is 2.15 bits per heavy atom. The minimum atomic E-state index is -0.716. The predicted octanol–water partition coefficient (Wildman–Crippen LogP) is 0.368. The first-order chi connectivity index (χ1) is 16.4. The van der Waals surface area contributed by atoms with Gasteiger partial charge < -0.3 is 24.4 Å². The number of ether oxygens (including phenoxy) is 2. The van der Waals surface area contributed by atoms with Crippen LogP contribution in [0.4, 0.5) is 0 Å². The Balaban J connectivity index is 1.63. The highest BCUT2D eigenvalue weighted by Gasteiger charge is 2.74. The smallest absolute Gasteiger partial charge is 0.310 e. The summed E-state index contributed by atoms with van der Waals surface area (Å²) >= 11 is 1.62. The second-order valence-electron chi connectivity index (χ2n) is 9.61. The van der Waals surface area contributed by atoms with Gasteiger partial charge in [-0.05, 0) is 26.7 Å². The number of nitrogens with zero attached hydrogens (tertiary/aromatic N) is 3. The minimum absolute atomic E-state index is 0.0175. The van der Waals surface area contributed by atoms with Gasteiger partial charge in [-0.25, -0.2) is 0 Å². The molecule has 2 bridgehead atoms. The predicted molar refractivity (Wildman–Crippen MR) is 128 cm³/mol. The summed E-state index contributed by atoms with van der Waals surface area (Å²) in [4.78, 5) is 46.4. The average molecular weight is 496 g/mol. The van der Waals surface area contributed by atoms with E-state index in [0.717, 1.165) is 26.1 Å². The number of hydrogen-bond acceptors (Lipinski definition) is 8. The molecule has 0 radical (unpaired) electrons. The number of carbonyl (C=O) groups is 3. The van der Waals surface area contributed by atoms with E-state index in [1.54, 1.807) is 41.5 Å². The van der Waals surface area contributed by atoms with Crippen molar-refractivity contribution in [1.29, 1.82) is 0 Å². The topological polar surface area (TPSA) is 99.6 Å². The van der Waals surface area contributed by atoms with Gasteiger partial charge in [-0.1, -0.05) is 6.08 Å². The first-order valence-electron chi connectivity index (χ1n) is 12.4. The molecule has 1 N–H and O–H groups in total. The van der Waals surface area contributed by atoms with Crippen molar-refractivity contribution in [2.75, 3.05) is 59.2 Å². The number of carbonyl (C=O) groups excluding carboxylic acids is 3.